The highest BCUT2D eigenvalue weighted by Crippen LogP contribution is 2.38. The molecule has 0 spiro atoms. The first kappa shape index (κ1) is 24.0. The van der Waals surface area contributed by atoms with Crippen molar-refractivity contribution >= 4 is 17.5 Å². The number of hydrogen-bond donors (Lipinski definition) is 0. The summed E-state index contributed by atoms with van der Waals surface area (Å²) >= 11 is 6.41. The van der Waals surface area contributed by atoms with Crippen molar-refractivity contribution in [2.24, 2.45) is 5.92 Å². The van der Waals surface area contributed by atoms with Crippen LogP contribution in [0.1, 0.15) is 37.1 Å². The van der Waals surface area contributed by atoms with Crippen molar-refractivity contribution < 1.29 is 18.6 Å². The van der Waals surface area contributed by atoms with E-state index in [-0.39, 0.29) is 17.8 Å². The molecule has 2 saturated heterocycles. The zero-order valence-electron chi connectivity index (χ0n) is 19.9. The zero-order chi connectivity index (χ0) is 24.4. The van der Waals surface area contributed by atoms with Gasteiger partial charge < -0.3 is 19.1 Å². The molecule has 2 aliphatic heterocycles. The number of anilines is 1. The SMILES string of the molecule is COc1ccc(-n2c(COC3CCOCC3)nnc2N2CC(c3ccc(F)cc3Cl)[C@@H](C)C2)cn1. The molecule has 2 atom stereocenters. The fraction of sp³-hybridized carbons (Fsp3) is 0.480. The molecule has 0 bridgehead atoms. The second-order valence-corrected chi connectivity index (χ2v) is 9.49. The first-order valence-electron chi connectivity index (χ1n) is 11.9. The van der Waals surface area contributed by atoms with Crippen molar-refractivity contribution in [3.8, 4) is 11.6 Å². The molecule has 1 aromatic carbocycles. The number of halogens is 2. The maximum atomic E-state index is 13.6. The molecule has 186 valence electrons. The van der Waals surface area contributed by atoms with Gasteiger partial charge in [-0.25, -0.2) is 9.37 Å². The van der Waals surface area contributed by atoms with Gasteiger partial charge in [0.1, 0.15) is 12.4 Å². The van der Waals surface area contributed by atoms with E-state index in [1.807, 2.05) is 16.7 Å². The van der Waals surface area contributed by atoms with Crippen molar-refractivity contribution in [1.82, 2.24) is 19.7 Å². The molecule has 1 unspecified atom stereocenters. The van der Waals surface area contributed by atoms with Gasteiger partial charge in [0.25, 0.3) is 0 Å². The molecule has 4 heterocycles. The van der Waals surface area contributed by atoms with Gasteiger partial charge in [0.05, 0.1) is 25.1 Å². The predicted molar refractivity (Wildman–Crippen MR) is 130 cm³/mol. The number of rotatable bonds is 7. The largest absolute Gasteiger partial charge is 0.481 e. The van der Waals surface area contributed by atoms with E-state index in [0.29, 0.717) is 49.0 Å². The summed E-state index contributed by atoms with van der Waals surface area (Å²) in [7, 11) is 1.59. The van der Waals surface area contributed by atoms with Crippen LogP contribution in [0.5, 0.6) is 5.88 Å². The first-order valence-corrected chi connectivity index (χ1v) is 12.2. The van der Waals surface area contributed by atoms with E-state index in [9.17, 15) is 4.39 Å². The molecule has 0 radical (unpaired) electrons. The summed E-state index contributed by atoms with van der Waals surface area (Å²) < 4.78 is 32.5. The van der Waals surface area contributed by atoms with Crippen molar-refractivity contribution in [2.45, 2.75) is 38.4 Å². The molecule has 8 nitrogen and oxygen atoms in total. The van der Waals surface area contributed by atoms with E-state index >= 15 is 0 Å². The maximum absolute atomic E-state index is 13.6. The monoisotopic (exact) mass is 501 g/mol. The highest BCUT2D eigenvalue weighted by molar-refractivity contribution is 6.31. The van der Waals surface area contributed by atoms with Gasteiger partial charge in [-0.1, -0.05) is 24.6 Å². The lowest BCUT2D eigenvalue weighted by Gasteiger charge is -2.23. The Kier molecular flexibility index (Phi) is 7.17. The summed E-state index contributed by atoms with van der Waals surface area (Å²) in [6, 6.07) is 8.38. The van der Waals surface area contributed by atoms with Crippen LogP contribution in [0.3, 0.4) is 0 Å². The minimum atomic E-state index is -0.331. The van der Waals surface area contributed by atoms with Crippen LogP contribution in [-0.2, 0) is 16.1 Å². The Balaban J connectivity index is 1.44. The van der Waals surface area contributed by atoms with E-state index in [4.69, 9.17) is 25.8 Å². The molecule has 0 saturated carbocycles. The van der Waals surface area contributed by atoms with Crippen LogP contribution < -0.4 is 9.64 Å². The quantitative estimate of drug-likeness (QED) is 0.475. The van der Waals surface area contributed by atoms with Gasteiger partial charge in [0, 0.05) is 43.3 Å². The molecule has 2 fully saturated rings. The molecular weight excluding hydrogens is 473 g/mol. The molecule has 0 amide bonds. The Morgan fingerprint density at radius 1 is 1.14 bits per heavy atom. The van der Waals surface area contributed by atoms with Crippen LogP contribution in [0, 0.1) is 11.7 Å². The van der Waals surface area contributed by atoms with Gasteiger partial charge >= 0.3 is 0 Å². The van der Waals surface area contributed by atoms with Crippen molar-refractivity contribution in [2.75, 3.05) is 38.3 Å². The van der Waals surface area contributed by atoms with Gasteiger partial charge in [-0.2, -0.15) is 0 Å². The van der Waals surface area contributed by atoms with Gasteiger partial charge in [-0.15, -0.1) is 10.2 Å². The Labute approximate surface area is 209 Å². The Bertz CT molecular complexity index is 1150. The molecule has 0 aliphatic carbocycles. The second kappa shape index (κ2) is 10.5. The average Bonchev–Trinajstić information content (AvgIpc) is 3.47. The lowest BCUT2D eigenvalue weighted by Crippen LogP contribution is -2.25. The smallest absolute Gasteiger partial charge is 0.232 e. The van der Waals surface area contributed by atoms with E-state index < -0.39 is 0 Å². The summed E-state index contributed by atoms with van der Waals surface area (Å²) in [5, 5.41) is 9.51. The lowest BCUT2D eigenvalue weighted by atomic mass is 9.90. The van der Waals surface area contributed by atoms with Crippen molar-refractivity contribution in [3.05, 3.63) is 58.8 Å². The molecule has 3 aromatic rings. The highest BCUT2D eigenvalue weighted by atomic mass is 35.5. The van der Waals surface area contributed by atoms with Gasteiger partial charge in [0.15, 0.2) is 5.82 Å². The first-order chi connectivity index (χ1) is 17.0. The van der Waals surface area contributed by atoms with E-state index in [0.717, 1.165) is 36.6 Å². The van der Waals surface area contributed by atoms with Crippen LogP contribution in [0.4, 0.5) is 10.3 Å². The third-order valence-corrected chi connectivity index (χ3v) is 7.10. The molecular formula is C25H29ClFN5O3. The highest BCUT2D eigenvalue weighted by Gasteiger charge is 2.35. The topological polar surface area (TPSA) is 74.5 Å². The molecule has 10 heteroatoms. The molecule has 0 N–H and O–H groups in total. The normalized spacial score (nSPS) is 21.0. The number of aromatic nitrogens is 4. The van der Waals surface area contributed by atoms with Gasteiger partial charge in [0.2, 0.25) is 11.8 Å². The van der Waals surface area contributed by atoms with Gasteiger partial charge in [-0.3, -0.25) is 4.57 Å². The fourth-order valence-electron chi connectivity index (χ4n) is 4.87. The van der Waals surface area contributed by atoms with Crippen LogP contribution in [-0.4, -0.2) is 59.3 Å². The maximum Gasteiger partial charge on any atom is 0.232 e. The molecule has 2 aliphatic rings. The number of pyridine rings is 1. The minimum Gasteiger partial charge on any atom is -0.481 e. The van der Waals surface area contributed by atoms with Crippen LogP contribution >= 0.6 is 11.6 Å². The average molecular weight is 502 g/mol. The van der Waals surface area contributed by atoms with Crippen LogP contribution in [0.2, 0.25) is 5.02 Å². The summed E-state index contributed by atoms with van der Waals surface area (Å²) in [6.45, 7) is 5.39. The van der Waals surface area contributed by atoms with Gasteiger partial charge in [-0.05, 0) is 42.5 Å². The summed E-state index contributed by atoms with van der Waals surface area (Å²) in [4.78, 5) is 6.58. The number of methoxy groups -OCH3 is 1. The van der Waals surface area contributed by atoms with Crippen LogP contribution in [0.15, 0.2) is 36.5 Å². The number of benzene rings is 1. The summed E-state index contributed by atoms with van der Waals surface area (Å²) in [6.07, 6.45) is 3.63. The minimum absolute atomic E-state index is 0.142. The Morgan fingerprint density at radius 2 is 1.97 bits per heavy atom. The number of nitrogens with zero attached hydrogens (tertiary/aromatic N) is 5. The standard InChI is InChI=1S/C25H29ClFN5O3/c1-16-13-31(14-21(16)20-5-3-17(27)11-22(20)26)25-30-29-23(15-35-19-7-9-34-10-8-19)32(25)18-4-6-24(33-2)28-12-18/h3-6,11-12,16,19,21H,7-10,13-15H2,1-2H3/t16-,21?/m0/s1. The molecule has 35 heavy (non-hydrogen) atoms. The molecule has 5 rings (SSSR count). The fourth-order valence-corrected chi connectivity index (χ4v) is 5.17. The second-order valence-electron chi connectivity index (χ2n) is 9.09. The van der Waals surface area contributed by atoms with Crippen molar-refractivity contribution in [1.29, 1.82) is 0 Å². The zero-order valence-corrected chi connectivity index (χ0v) is 20.6. The Morgan fingerprint density at radius 3 is 2.69 bits per heavy atom. The third kappa shape index (κ3) is 5.12. The number of hydrogen-bond acceptors (Lipinski definition) is 7. The summed E-state index contributed by atoms with van der Waals surface area (Å²) in [5.41, 5.74) is 1.77. The lowest BCUT2D eigenvalue weighted by molar-refractivity contribution is -0.0412. The van der Waals surface area contributed by atoms with Crippen LogP contribution in [0.25, 0.3) is 5.69 Å². The van der Waals surface area contributed by atoms with E-state index in [1.54, 1.807) is 19.4 Å². The molecule has 2 aromatic heterocycles. The van der Waals surface area contributed by atoms with E-state index in [1.165, 1.54) is 12.1 Å². The van der Waals surface area contributed by atoms with E-state index in [2.05, 4.69) is 27.0 Å². The number of ether oxygens (including phenoxy) is 3. The third-order valence-electron chi connectivity index (χ3n) is 6.77. The Hall–Kier alpha value is -2.75. The van der Waals surface area contributed by atoms with Crippen molar-refractivity contribution in [3.63, 3.8) is 0 Å². The predicted octanol–water partition coefficient (Wildman–Crippen LogP) is 4.40. The summed E-state index contributed by atoms with van der Waals surface area (Å²) in [5.74, 6) is 2.05.